The van der Waals surface area contributed by atoms with Crippen LogP contribution >= 0.6 is 0 Å². The average Bonchev–Trinajstić information content (AvgIpc) is 2.48. The third-order valence-corrected chi connectivity index (χ3v) is 1.91. The zero-order chi connectivity index (χ0) is 9.42. The number of oxazole rings is 1. The van der Waals surface area contributed by atoms with Gasteiger partial charge < -0.3 is 9.52 Å². The molecule has 13 heavy (non-hydrogen) atoms. The molecule has 2 aromatic rings. The number of carboxylic acids is 1. The Morgan fingerprint density at radius 3 is 3.00 bits per heavy atom. The van der Waals surface area contributed by atoms with E-state index in [1.165, 1.54) is 12.5 Å². The maximum atomic E-state index is 10.7. The molecule has 0 spiro atoms. The van der Waals surface area contributed by atoms with Crippen molar-refractivity contribution in [1.29, 1.82) is 0 Å². The second kappa shape index (κ2) is 2.58. The highest BCUT2D eigenvalue weighted by Gasteiger charge is 2.09. The van der Waals surface area contributed by atoms with Crippen LogP contribution in [0.2, 0.25) is 0 Å². The van der Waals surface area contributed by atoms with Crippen molar-refractivity contribution in [3.63, 3.8) is 0 Å². The molecule has 0 aliphatic rings. The van der Waals surface area contributed by atoms with Gasteiger partial charge in [-0.3, -0.25) is 0 Å². The molecule has 66 valence electrons. The lowest BCUT2D eigenvalue weighted by atomic mass is 10.1. The van der Waals surface area contributed by atoms with Crippen LogP contribution in [0.3, 0.4) is 0 Å². The second-order valence-corrected chi connectivity index (χ2v) is 2.79. The summed E-state index contributed by atoms with van der Waals surface area (Å²) < 4.78 is 5.03. The molecule has 0 fully saturated rings. The summed E-state index contributed by atoms with van der Waals surface area (Å²) >= 11 is 0. The van der Waals surface area contributed by atoms with Crippen molar-refractivity contribution >= 4 is 17.1 Å². The first-order chi connectivity index (χ1) is 6.18. The predicted octanol–water partition coefficient (Wildman–Crippen LogP) is 1.83. The molecule has 0 aliphatic carbocycles. The van der Waals surface area contributed by atoms with Crippen molar-refractivity contribution in [3.8, 4) is 0 Å². The minimum atomic E-state index is -0.942. The molecule has 1 N–H and O–H groups in total. The number of carbonyl (C=O) groups is 1. The normalized spacial score (nSPS) is 10.5. The molecule has 0 unspecified atom stereocenters. The molecule has 0 radical (unpaired) electrons. The van der Waals surface area contributed by atoms with Crippen LogP contribution in [-0.4, -0.2) is 16.1 Å². The molecular formula is C9H7NO3. The minimum Gasteiger partial charge on any atom is -0.478 e. The predicted molar refractivity (Wildman–Crippen MR) is 45.7 cm³/mol. The first kappa shape index (κ1) is 7.79. The lowest BCUT2D eigenvalue weighted by Crippen LogP contribution is -1.98. The molecule has 0 saturated heterocycles. The van der Waals surface area contributed by atoms with Crippen molar-refractivity contribution < 1.29 is 14.3 Å². The standard InChI is InChI=1S/C9H7NO3/c1-5-2-8-7(10-4-13-8)3-6(5)9(11)12/h2-4H,1H3,(H,11,12). The van der Waals surface area contributed by atoms with Gasteiger partial charge in [0.2, 0.25) is 0 Å². The fourth-order valence-electron chi connectivity index (χ4n) is 1.24. The second-order valence-electron chi connectivity index (χ2n) is 2.79. The number of hydrogen-bond acceptors (Lipinski definition) is 3. The van der Waals surface area contributed by atoms with Gasteiger partial charge in [-0.15, -0.1) is 0 Å². The molecule has 1 heterocycles. The molecule has 4 heteroatoms. The highest BCUT2D eigenvalue weighted by atomic mass is 16.4. The van der Waals surface area contributed by atoms with E-state index in [-0.39, 0.29) is 5.56 Å². The summed E-state index contributed by atoms with van der Waals surface area (Å²) in [7, 11) is 0. The number of hydrogen-bond donors (Lipinski definition) is 1. The summed E-state index contributed by atoms with van der Waals surface area (Å²) in [5, 5.41) is 8.80. The zero-order valence-electron chi connectivity index (χ0n) is 6.94. The van der Waals surface area contributed by atoms with Crippen LogP contribution in [0.5, 0.6) is 0 Å². The Balaban J connectivity index is 2.76. The van der Waals surface area contributed by atoms with E-state index >= 15 is 0 Å². The Morgan fingerprint density at radius 1 is 1.54 bits per heavy atom. The Kier molecular flexibility index (Phi) is 1.55. The summed E-state index contributed by atoms with van der Waals surface area (Å²) in [6.45, 7) is 1.73. The van der Waals surface area contributed by atoms with Crippen molar-refractivity contribution in [3.05, 3.63) is 29.7 Å². The minimum absolute atomic E-state index is 0.265. The third kappa shape index (κ3) is 1.16. The maximum absolute atomic E-state index is 10.7. The summed E-state index contributed by atoms with van der Waals surface area (Å²) in [6.07, 6.45) is 1.30. The molecular weight excluding hydrogens is 170 g/mol. The van der Waals surface area contributed by atoms with Gasteiger partial charge in [-0.05, 0) is 24.6 Å². The van der Waals surface area contributed by atoms with E-state index in [2.05, 4.69) is 4.98 Å². The Morgan fingerprint density at radius 2 is 2.31 bits per heavy atom. The van der Waals surface area contributed by atoms with Gasteiger partial charge in [-0.25, -0.2) is 9.78 Å². The average molecular weight is 177 g/mol. The van der Waals surface area contributed by atoms with E-state index in [4.69, 9.17) is 9.52 Å². The van der Waals surface area contributed by atoms with Crippen molar-refractivity contribution in [2.24, 2.45) is 0 Å². The number of rotatable bonds is 1. The van der Waals surface area contributed by atoms with Gasteiger partial charge in [-0.2, -0.15) is 0 Å². The first-order valence-electron chi connectivity index (χ1n) is 3.75. The highest BCUT2D eigenvalue weighted by Crippen LogP contribution is 2.18. The number of fused-ring (bicyclic) bond motifs is 1. The van der Waals surface area contributed by atoms with E-state index in [0.717, 1.165) is 0 Å². The van der Waals surface area contributed by atoms with Gasteiger partial charge in [0.25, 0.3) is 0 Å². The van der Waals surface area contributed by atoms with Crippen molar-refractivity contribution in [2.75, 3.05) is 0 Å². The quantitative estimate of drug-likeness (QED) is 0.721. The molecule has 1 aromatic carbocycles. The number of aromatic nitrogens is 1. The van der Waals surface area contributed by atoms with Crippen LogP contribution in [0.25, 0.3) is 11.1 Å². The van der Waals surface area contributed by atoms with Crippen LogP contribution in [-0.2, 0) is 0 Å². The maximum Gasteiger partial charge on any atom is 0.336 e. The van der Waals surface area contributed by atoms with E-state index in [1.54, 1.807) is 13.0 Å². The van der Waals surface area contributed by atoms with Gasteiger partial charge in [0.05, 0.1) is 5.56 Å². The van der Waals surface area contributed by atoms with Crippen LogP contribution in [0, 0.1) is 6.92 Å². The van der Waals surface area contributed by atoms with E-state index in [1.807, 2.05) is 0 Å². The molecule has 0 saturated carbocycles. The monoisotopic (exact) mass is 177 g/mol. The van der Waals surface area contributed by atoms with E-state index in [0.29, 0.717) is 16.7 Å². The number of aromatic carboxylic acids is 1. The smallest absolute Gasteiger partial charge is 0.336 e. The molecule has 0 amide bonds. The Bertz CT molecular complexity index is 473. The number of aryl methyl sites for hydroxylation is 1. The van der Waals surface area contributed by atoms with Crippen molar-refractivity contribution in [2.45, 2.75) is 6.92 Å². The number of benzene rings is 1. The molecule has 0 aliphatic heterocycles. The summed E-state index contributed by atoms with van der Waals surface area (Å²) in [4.78, 5) is 14.6. The van der Waals surface area contributed by atoms with Gasteiger partial charge in [0.1, 0.15) is 5.52 Å². The Hall–Kier alpha value is -1.84. The summed E-state index contributed by atoms with van der Waals surface area (Å²) in [5.74, 6) is -0.942. The summed E-state index contributed by atoms with van der Waals surface area (Å²) in [6, 6.07) is 3.18. The molecule has 4 nitrogen and oxygen atoms in total. The van der Waals surface area contributed by atoms with E-state index < -0.39 is 5.97 Å². The lowest BCUT2D eigenvalue weighted by molar-refractivity contribution is 0.0696. The number of nitrogens with zero attached hydrogens (tertiary/aromatic N) is 1. The zero-order valence-corrected chi connectivity index (χ0v) is 6.94. The first-order valence-corrected chi connectivity index (χ1v) is 3.75. The van der Waals surface area contributed by atoms with Crippen LogP contribution in [0.15, 0.2) is 22.9 Å². The fraction of sp³-hybridized carbons (Fsp3) is 0.111. The third-order valence-electron chi connectivity index (χ3n) is 1.91. The largest absolute Gasteiger partial charge is 0.478 e. The van der Waals surface area contributed by atoms with Crippen LogP contribution in [0.1, 0.15) is 15.9 Å². The molecule has 0 bridgehead atoms. The lowest BCUT2D eigenvalue weighted by Gasteiger charge is -1.98. The highest BCUT2D eigenvalue weighted by molar-refractivity contribution is 5.93. The van der Waals surface area contributed by atoms with Crippen LogP contribution in [0.4, 0.5) is 0 Å². The van der Waals surface area contributed by atoms with Gasteiger partial charge in [-0.1, -0.05) is 0 Å². The van der Waals surface area contributed by atoms with Crippen molar-refractivity contribution in [1.82, 2.24) is 4.98 Å². The molecule has 0 atom stereocenters. The van der Waals surface area contributed by atoms with E-state index in [9.17, 15) is 4.79 Å². The van der Waals surface area contributed by atoms with Gasteiger partial charge in [0.15, 0.2) is 12.0 Å². The van der Waals surface area contributed by atoms with Gasteiger partial charge >= 0.3 is 5.97 Å². The fourth-order valence-corrected chi connectivity index (χ4v) is 1.24. The molecule has 1 aromatic heterocycles. The summed E-state index contributed by atoms with van der Waals surface area (Å²) in [5.41, 5.74) is 2.13. The Labute approximate surface area is 73.8 Å². The molecule has 2 rings (SSSR count). The number of carboxylic acid groups (broad SMARTS) is 1. The SMILES string of the molecule is Cc1cc2ocnc2cc1C(=O)O. The van der Waals surface area contributed by atoms with Gasteiger partial charge in [0, 0.05) is 0 Å². The topological polar surface area (TPSA) is 63.3 Å². The van der Waals surface area contributed by atoms with Crippen LogP contribution < -0.4 is 0 Å².